The van der Waals surface area contributed by atoms with Gasteiger partial charge in [0.05, 0.1) is 33.5 Å². The maximum Gasteiger partial charge on any atom is 0.336 e. The number of hydrogen-bond acceptors (Lipinski definition) is 5. The average Bonchev–Trinajstić information content (AvgIpc) is 3.02. The summed E-state index contributed by atoms with van der Waals surface area (Å²) < 4.78 is 0. The summed E-state index contributed by atoms with van der Waals surface area (Å²) in [7, 11) is 0. The molecule has 40 heavy (non-hydrogen) atoms. The molecule has 0 spiro atoms. The van der Waals surface area contributed by atoms with Gasteiger partial charge in [-0.15, -0.1) is 0 Å². The van der Waals surface area contributed by atoms with Gasteiger partial charge in [0.1, 0.15) is 6.79 Å². The van der Waals surface area contributed by atoms with Gasteiger partial charge >= 0.3 is 11.9 Å². The zero-order valence-electron chi connectivity index (χ0n) is 21.3. The van der Waals surface area contributed by atoms with Crippen LogP contribution in [0.2, 0.25) is 0 Å². The molecule has 2 aromatic heterocycles. The Bertz CT molecular complexity index is 1660. The zero-order valence-corrected chi connectivity index (χ0v) is 21.3. The molecule has 0 aliphatic heterocycles. The molecule has 6 aromatic rings. The Morgan fingerprint density at radius 3 is 1.18 bits per heavy atom. The van der Waals surface area contributed by atoms with Crippen LogP contribution in [-0.4, -0.2) is 38.9 Å². The van der Waals surface area contributed by atoms with Crippen LogP contribution in [0.4, 0.5) is 0 Å². The topological polar surface area (TPSA) is 117 Å². The molecule has 2 heterocycles. The number of nitrogens with zero attached hydrogens (tertiary/aromatic N) is 2. The first-order valence-corrected chi connectivity index (χ1v) is 12.2. The number of rotatable bonds is 4. The van der Waals surface area contributed by atoms with Gasteiger partial charge < -0.3 is 15.0 Å². The lowest BCUT2D eigenvalue weighted by molar-refractivity contribution is -0.0980. The maximum absolute atomic E-state index is 11.4. The highest BCUT2D eigenvalue weighted by Gasteiger charge is 2.13. The lowest BCUT2D eigenvalue weighted by atomic mass is 10.0. The number of carbonyl (C=O) groups excluding carboxylic acids is 1. The third-order valence-corrected chi connectivity index (χ3v) is 6.03. The van der Waals surface area contributed by atoms with Crippen molar-refractivity contribution in [2.24, 2.45) is 0 Å². The van der Waals surface area contributed by atoms with E-state index in [-0.39, 0.29) is 11.1 Å². The van der Waals surface area contributed by atoms with Crippen molar-refractivity contribution in [1.82, 2.24) is 9.97 Å². The van der Waals surface area contributed by atoms with E-state index in [1.807, 2.05) is 104 Å². The van der Waals surface area contributed by atoms with Crippen LogP contribution in [0.1, 0.15) is 20.7 Å². The number of fused-ring (bicyclic) bond motifs is 2. The normalized spacial score (nSPS) is 10.1. The molecule has 7 nitrogen and oxygen atoms in total. The molecule has 0 aliphatic rings. The van der Waals surface area contributed by atoms with Gasteiger partial charge in [-0.05, 0) is 24.3 Å². The van der Waals surface area contributed by atoms with Gasteiger partial charge in [-0.25, -0.2) is 19.6 Å². The molecule has 0 unspecified atom stereocenters. The molecule has 196 valence electrons. The summed E-state index contributed by atoms with van der Waals surface area (Å²) in [6.07, 6.45) is 0. The van der Waals surface area contributed by atoms with Gasteiger partial charge in [-0.1, -0.05) is 97.1 Å². The number of aromatic carboxylic acids is 2. The summed E-state index contributed by atoms with van der Waals surface area (Å²) in [6, 6.07) is 37.0. The predicted molar refractivity (Wildman–Crippen MR) is 155 cm³/mol. The first kappa shape index (κ1) is 27.3. The molecule has 0 radical (unpaired) electrons. The summed E-state index contributed by atoms with van der Waals surface area (Å²) in [5, 5.41) is 20.0. The highest BCUT2D eigenvalue weighted by molar-refractivity contribution is 6.04. The summed E-state index contributed by atoms with van der Waals surface area (Å²) >= 11 is 0. The number of para-hydroxylation sites is 2. The van der Waals surface area contributed by atoms with Crippen LogP contribution in [0, 0.1) is 0 Å². The highest BCUT2D eigenvalue weighted by atomic mass is 16.4. The molecule has 7 heteroatoms. The van der Waals surface area contributed by atoms with Gasteiger partial charge in [0.25, 0.3) is 0 Å². The number of hydrogen-bond donors (Lipinski definition) is 2. The van der Waals surface area contributed by atoms with Gasteiger partial charge in [0.15, 0.2) is 0 Å². The zero-order chi connectivity index (χ0) is 28.5. The molecular weight excluding hydrogens is 504 g/mol. The van der Waals surface area contributed by atoms with Crippen molar-refractivity contribution in [3.63, 3.8) is 0 Å². The number of aromatic nitrogens is 2. The van der Waals surface area contributed by atoms with Gasteiger partial charge in [0, 0.05) is 21.9 Å². The largest absolute Gasteiger partial charge is 0.478 e. The SMILES string of the molecule is C=O.O=C(O)c1cc(-c2ccccc2)nc2ccccc12.O=C(O)c1cc(-c2ccccc2)nc2ccccc12. The Morgan fingerprint density at radius 1 is 0.500 bits per heavy atom. The molecule has 0 fully saturated rings. The van der Waals surface area contributed by atoms with Crippen LogP contribution in [0.3, 0.4) is 0 Å². The van der Waals surface area contributed by atoms with E-state index >= 15 is 0 Å². The number of benzene rings is 4. The molecule has 4 aromatic carbocycles. The van der Waals surface area contributed by atoms with Crippen LogP contribution in [0.5, 0.6) is 0 Å². The minimum atomic E-state index is -0.934. The van der Waals surface area contributed by atoms with Gasteiger partial charge in [0.2, 0.25) is 0 Å². The molecule has 2 N–H and O–H groups in total. The Balaban J connectivity index is 0.000000174. The lowest BCUT2D eigenvalue weighted by Crippen LogP contribution is -2.00. The maximum atomic E-state index is 11.4. The Hall–Kier alpha value is -5.69. The summed E-state index contributed by atoms with van der Waals surface area (Å²) in [5.41, 5.74) is 5.14. The summed E-state index contributed by atoms with van der Waals surface area (Å²) in [5.74, 6) is -1.87. The van der Waals surface area contributed by atoms with Crippen molar-refractivity contribution in [2.45, 2.75) is 0 Å². The number of carboxylic acids is 2. The van der Waals surface area contributed by atoms with E-state index in [1.165, 1.54) is 0 Å². The molecular formula is C33H24N2O5. The Morgan fingerprint density at radius 2 is 0.825 bits per heavy atom. The van der Waals surface area contributed by atoms with Crippen LogP contribution < -0.4 is 0 Å². The lowest BCUT2D eigenvalue weighted by Gasteiger charge is -2.06. The summed E-state index contributed by atoms with van der Waals surface area (Å²) in [6.45, 7) is 2.00. The minimum Gasteiger partial charge on any atom is -0.478 e. The second-order valence-corrected chi connectivity index (χ2v) is 8.49. The Kier molecular flexibility index (Phi) is 8.69. The van der Waals surface area contributed by atoms with Crippen molar-refractivity contribution in [2.75, 3.05) is 0 Å². The first-order valence-electron chi connectivity index (χ1n) is 12.2. The Labute approximate surface area is 230 Å². The standard InChI is InChI=1S/2C16H11NO2.CH2O/c2*18-16(19)13-10-15(11-6-2-1-3-7-11)17-14-9-5-4-8-12(13)14;1-2/h2*1-10H,(H,18,19);1H2. The van der Waals surface area contributed by atoms with E-state index < -0.39 is 11.9 Å². The first-order chi connectivity index (χ1) is 19.5. The number of carboxylic acid groups (broad SMARTS) is 2. The van der Waals surface area contributed by atoms with Gasteiger partial charge in [-0.3, -0.25) is 0 Å². The minimum absolute atomic E-state index is 0.282. The molecule has 0 atom stereocenters. The van der Waals surface area contributed by atoms with Crippen molar-refractivity contribution < 1.29 is 24.6 Å². The average molecular weight is 529 g/mol. The molecule has 0 aliphatic carbocycles. The second-order valence-electron chi connectivity index (χ2n) is 8.49. The second kappa shape index (κ2) is 12.7. The number of pyridine rings is 2. The fraction of sp³-hybridized carbons (Fsp3) is 0. The predicted octanol–water partition coefficient (Wildman–Crippen LogP) is 7.02. The van der Waals surface area contributed by atoms with Crippen LogP contribution in [0.25, 0.3) is 44.3 Å². The number of carbonyl (C=O) groups is 3. The molecule has 0 saturated heterocycles. The van der Waals surface area contributed by atoms with Crippen molar-refractivity contribution in [3.05, 3.63) is 132 Å². The smallest absolute Gasteiger partial charge is 0.336 e. The van der Waals surface area contributed by atoms with E-state index in [4.69, 9.17) is 4.79 Å². The monoisotopic (exact) mass is 528 g/mol. The van der Waals surface area contributed by atoms with Crippen LogP contribution in [-0.2, 0) is 4.79 Å². The third kappa shape index (κ3) is 6.06. The molecule has 0 saturated carbocycles. The van der Waals surface area contributed by atoms with E-state index in [0.717, 1.165) is 11.1 Å². The van der Waals surface area contributed by atoms with Crippen LogP contribution in [0.15, 0.2) is 121 Å². The van der Waals surface area contributed by atoms with Gasteiger partial charge in [-0.2, -0.15) is 0 Å². The van der Waals surface area contributed by atoms with E-state index in [0.29, 0.717) is 33.2 Å². The highest BCUT2D eigenvalue weighted by Crippen LogP contribution is 2.26. The molecule has 0 amide bonds. The van der Waals surface area contributed by atoms with Crippen molar-refractivity contribution >= 4 is 40.5 Å². The van der Waals surface area contributed by atoms with E-state index in [9.17, 15) is 19.8 Å². The van der Waals surface area contributed by atoms with E-state index in [2.05, 4.69) is 9.97 Å². The fourth-order valence-electron chi connectivity index (χ4n) is 4.22. The molecule has 6 rings (SSSR count). The van der Waals surface area contributed by atoms with E-state index in [1.54, 1.807) is 24.3 Å². The quantitative estimate of drug-likeness (QED) is 0.253. The third-order valence-electron chi connectivity index (χ3n) is 6.03. The van der Waals surface area contributed by atoms with Crippen molar-refractivity contribution in [1.29, 1.82) is 0 Å². The van der Waals surface area contributed by atoms with Crippen LogP contribution >= 0.6 is 0 Å². The molecule has 0 bridgehead atoms. The van der Waals surface area contributed by atoms with Crippen molar-refractivity contribution in [3.8, 4) is 22.5 Å². The fourth-order valence-corrected chi connectivity index (χ4v) is 4.22. The summed E-state index contributed by atoms with van der Waals surface area (Å²) in [4.78, 5) is 39.8.